The Morgan fingerprint density at radius 2 is 1.82 bits per heavy atom. The highest BCUT2D eigenvalue weighted by molar-refractivity contribution is 5.91. The van der Waals surface area contributed by atoms with E-state index in [1.54, 1.807) is 0 Å². The van der Waals surface area contributed by atoms with Gasteiger partial charge in [0.2, 0.25) is 5.91 Å². The van der Waals surface area contributed by atoms with Crippen LogP contribution < -0.4 is 15.1 Å². The van der Waals surface area contributed by atoms with E-state index in [2.05, 4.69) is 42.7 Å². The normalized spacial score (nSPS) is 27.3. The Hall–Kier alpha value is -2.13. The number of halogens is 3. The summed E-state index contributed by atoms with van der Waals surface area (Å²) in [6, 6.07) is 8.01. The number of rotatable bonds is 5. The van der Waals surface area contributed by atoms with Crippen molar-refractivity contribution in [3.8, 4) is 0 Å². The fourth-order valence-corrected chi connectivity index (χ4v) is 6.12. The summed E-state index contributed by atoms with van der Waals surface area (Å²) in [5.41, 5.74) is 3.77. The summed E-state index contributed by atoms with van der Waals surface area (Å²) < 4.78 is 32.9. The lowest BCUT2D eigenvalue weighted by Crippen LogP contribution is -2.60. The zero-order chi connectivity index (χ0) is 24.9. The van der Waals surface area contributed by atoms with E-state index >= 15 is 0 Å². The first-order valence-electron chi connectivity index (χ1n) is 12.3. The number of hydrogen-bond donors (Lipinski definition) is 3. The standard InChI is InChI=1S/C23H35N3O.C2HF3O2/c1-17-14-20(25-23(27)15-19-7-3-4-8-19)9-10-22(17)26(13-5-6-18(26)2)21-11-12-24-16-21;3-2(4,5)1(6)7/h9-10,14,18-19,21,24H,3-8,11-13,15-16H2,1-2H3;(H,6,7)/p+1. The molecule has 3 fully saturated rings. The molecule has 2 heterocycles. The molecule has 0 radical (unpaired) electrons. The van der Waals surface area contributed by atoms with Gasteiger partial charge < -0.3 is 15.7 Å². The SMILES string of the molecule is Cc1cc(NC(=O)CC2CCCC2)ccc1[N+]1(C2CCNC2)CCCC1C.O=C(O)C(F)(F)F. The number of quaternary nitrogens is 1. The van der Waals surface area contributed by atoms with E-state index in [1.807, 2.05) is 0 Å². The molecule has 3 aliphatic rings. The molecule has 0 spiro atoms. The Labute approximate surface area is 199 Å². The third-order valence-electron chi connectivity index (χ3n) is 7.74. The Bertz CT molecular complexity index is 865. The van der Waals surface area contributed by atoms with Crippen molar-refractivity contribution >= 4 is 23.3 Å². The molecule has 1 amide bonds. The number of carbonyl (C=O) groups excluding carboxylic acids is 1. The molecule has 3 atom stereocenters. The largest absolute Gasteiger partial charge is 0.490 e. The molecule has 3 unspecified atom stereocenters. The zero-order valence-electron chi connectivity index (χ0n) is 20.1. The minimum Gasteiger partial charge on any atom is -0.475 e. The molecule has 9 heteroatoms. The highest BCUT2D eigenvalue weighted by Gasteiger charge is 2.48. The van der Waals surface area contributed by atoms with Gasteiger partial charge in [-0.3, -0.25) is 9.28 Å². The lowest BCUT2D eigenvalue weighted by atomic mass is 10.0. The molecule has 2 saturated heterocycles. The van der Waals surface area contributed by atoms with Crippen LogP contribution in [0.2, 0.25) is 0 Å². The summed E-state index contributed by atoms with van der Waals surface area (Å²) in [4.78, 5) is 21.3. The average molecular weight is 485 g/mol. The van der Waals surface area contributed by atoms with Gasteiger partial charge in [-0.15, -0.1) is 0 Å². The number of carbonyl (C=O) groups is 2. The maximum Gasteiger partial charge on any atom is 0.490 e. The molecule has 34 heavy (non-hydrogen) atoms. The molecule has 6 nitrogen and oxygen atoms in total. The van der Waals surface area contributed by atoms with E-state index in [1.165, 1.54) is 62.7 Å². The second kappa shape index (κ2) is 11.1. The van der Waals surface area contributed by atoms with Gasteiger partial charge >= 0.3 is 12.1 Å². The minimum absolute atomic E-state index is 0.187. The quantitative estimate of drug-likeness (QED) is 0.514. The molecule has 1 aliphatic carbocycles. The summed E-state index contributed by atoms with van der Waals surface area (Å²) in [6.07, 6.45) is 4.53. The number of carboxylic acid groups (broad SMARTS) is 1. The predicted molar refractivity (Wildman–Crippen MR) is 127 cm³/mol. The first-order valence-corrected chi connectivity index (χ1v) is 12.3. The summed E-state index contributed by atoms with van der Waals surface area (Å²) in [6.45, 7) is 8.19. The summed E-state index contributed by atoms with van der Waals surface area (Å²) in [7, 11) is 0. The van der Waals surface area contributed by atoms with Gasteiger partial charge in [0.1, 0.15) is 11.7 Å². The third kappa shape index (κ3) is 6.10. The number of hydrogen-bond acceptors (Lipinski definition) is 3. The van der Waals surface area contributed by atoms with E-state index in [0.29, 0.717) is 24.4 Å². The van der Waals surface area contributed by atoms with Crippen LogP contribution in [0.5, 0.6) is 0 Å². The molecule has 1 saturated carbocycles. The van der Waals surface area contributed by atoms with Crippen LogP contribution in [0, 0.1) is 12.8 Å². The summed E-state index contributed by atoms with van der Waals surface area (Å²) >= 11 is 0. The van der Waals surface area contributed by atoms with Crippen molar-refractivity contribution in [2.75, 3.05) is 25.0 Å². The van der Waals surface area contributed by atoms with Crippen molar-refractivity contribution in [3.05, 3.63) is 23.8 Å². The molecule has 0 aromatic heterocycles. The number of carboxylic acids is 1. The summed E-state index contributed by atoms with van der Waals surface area (Å²) in [5.74, 6) is -1.97. The number of nitrogens with zero attached hydrogens (tertiary/aromatic N) is 1. The number of amides is 1. The number of nitrogens with one attached hydrogen (secondary N) is 2. The molecule has 3 N–H and O–H groups in total. The van der Waals surface area contributed by atoms with E-state index in [4.69, 9.17) is 9.90 Å². The topological polar surface area (TPSA) is 78.4 Å². The van der Waals surface area contributed by atoms with Gasteiger partial charge in [-0.25, -0.2) is 4.79 Å². The molecule has 0 bridgehead atoms. The molecule has 1 aromatic rings. The smallest absolute Gasteiger partial charge is 0.475 e. The van der Waals surface area contributed by atoms with E-state index in [0.717, 1.165) is 23.3 Å². The lowest BCUT2D eigenvalue weighted by Gasteiger charge is -2.44. The van der Waals surface area contributed by atoms with Gasteiger partial charge in [-0.05, 0) is 44.7 Å². The van der Waals surface area contributed by atoms with Crippen LogP contribution in [0.1, 0.15) is 63.9 Å². The van der Waals surface area contributed by atoms with Gasteiger partial charge in [0.25, 0.3) is 0 Å². The van der Waals surface area contributed by atoms with Crippen LogP contribution in [0.4, 0.5) is 24.5 Å². The van der Waals surface area contributed by atoms with Crippen LogP contribution in [0.25, 0.3) is 0 Å². The molecular formula is C25H37F3N3O3+. The van der Waals surface area contributed by atoms with Crippen LogP contribution in [0.3, 0.4) is 0 Å². The maximum absolute atomic E-state index is 12.4. The van der Waals surface area contributed by atoms with Crippen molar-refractivity contribution in [2.24, 2.45) is 5.92 Å². The average Bonchev–Trinajstić information content (AvgIpc) is 3.51. The van der Waals surface area contributed by atoms with Gasteiger partial charge in [0.05, 0.1) is 12.6 Å². The number of likely N-dealkylation sites (tertiary alicyclic amines) is 1. The Kier molecular flexibility index (Phi) is 8.62. The second-order valence-electron chi connectivity index (χ2n) is 10.00. The maximum atomic E-state index is 12.4. The van der Waals surface area contributed by atoms with Crippen LogP contribution in [-0.2, 0) is 9.59 Å². The fraction of sp³-hybridized carbons (Fsp3) is 0.680. The molecule has 190 valence electrons. The lowest BCUT2D eigenvalue weighted by molar-refractivity contribution is -0.192. The van der Waals surface area contributed by atoms with Crippen molar-refractivity contribution in [2.45, 2.75) is 83.5 Å². The number of anilines is 1. The van der Waals surface area contributed by atoms with E-state index in [-0.39, 0.29) is 5.91 Å². The van der Waals surface area contributed by atoms with Gasteiger partial charge in [-0.1, -0.05) is 12.8 Å². The number of alkyl halides is 3. The zero-order valence-corrected chi connectivity index (χ0v) is 20.1. The number of benzene rings is 1. The first-order chi connectivity index (χ1) is 16.0. The van der Waals surface area contributed by atoms with Crippen LogP contribution in [0.15, 0.2) is 18.2 Å². The van der Waals surface area contributed by atoms with Gasteiger partial charge in [0.15, 0.2) is 0 Å². The molecule has 4 rings (SSSR count). The van der Waals surface area contributed by atoms with Crippen LogP contribution in [-0.4, -0.2) is 54.9 Å². The minimum atomic E-state index is -5.08. The Morgan fingerprint density at radius 3 is 2.32 bits per heavy atom. The van der Waals surface area contributed by atoms with Gasteiger partial charge in [-0.2, -0.15) is 13.2 Å². The molecule has 1 aromatic carbocycles. The van der Waals surface area contributed by atoms with Gasteiger partial charge in [0, 0.05) is 56.1 Å². The van der Waals surface area contributed by atoms with Crippen molar-refractivity contribution in [1.82, 2.24) is 9.80 Å². The number of aryl methyl sites for hydroxylation is 1. The monoisotopic (exact) mass is 484 g/mol. The first kappa shape index (κ1) is 26.5. The van der Waals surface area contributed by atoms with Crippen molar-refractivity contribution in [3.63, 3.8) is 0 Å². The molecule has 2 aliphatic heterocycles. The van der Waals surface area contributed by atoms with Crippen molar-refractivity contribution < 1.29 is 27.9 Å². The highest BCUT2D eigenvalue weighted by Crippen LogP contribution is 2.41. The predicted octanol–water partition coefficient (Wildman–Crippen LogP) is 5.00. The number of aliphatic carboxylic acids is 1. The third-order valence-corrected chi connectivity index (χ3v) is 7.74. The Balaban J connectivity index is 0.000000406. The second-order valence-corrected chi connectivity index (χ2v) is 10.00. The highest BCUT2D eigenvalue weighted by atomic mass is 19.4. The van der Waals surface area contributed by atoms with E-state index in [9.17, 15) is 18.0 Å². The fourth-order valence-electron chi connectivity index (χ4n) is 6.12. The van der Waals surface area contributed by atoms with Crippen molar-refractivity contribution in [1.29, 1.82) is 0 Å². The Morgan fingerprint density at radius 1 is 1.15 bits per heavy atom. The van der Waals surface area contributed by atoms with Crippen LogP contribution >= 0.6 is 0 Å². The molecular weight excluding hydrogens is 447 g/mol. The van der Waals surface area contributed by atoms with E-state index < -0.39 is 12.1 Å². The summed E-state index contributed by atoms with van der Waals surface area (Å²) in [5, 5.41) is 13.9.